The highest BCUT2D eigenvalue weighted by molar-refractivity contribution is 6.18. The summed E-state index contributed by atoms with van der Waals surface area (Å²) in [5, 5.41) is 23.4. The number of aromatic hydroxyl groups is 1. The molecule has 1 saturated heterocycles. The number of hydrogen-bond donors (Lipinski definition) is 2. The smallest absolute Gasteiger partial charge is 0.298 e. The van der Waals surface area contributed by atoms with Crippen molar-refractivity contribution < 1.29 is 43.5 Å². The molecule has 3 aliphatic heterocycles. The van der Waals surface area contributed by atoms with E-state index < -0.39 is 40.2 Å². The highest BCUT2D eigenvalue weighted by Gasteiger charge is 2.81. The summed E-state index contributed by atoms with van der Waals surface area (Å²) in [4.78, 5) is 40.2. The Morgan fingerprint density at radius 1 is 1.02 bits per heavy atom. The quantitative estimate of drug-likeness (QED) is 0.171. The third kappa shape index (κ3) is 4.83. The molecule has 3 heterocycles. The van der Waals surface area contributed by atoms with Gasteiger partial charge in [0.15, 0.2) is 22.8 Å². The number of rotatable bonds is 9. The van der Waals surface area contributed by atoms with Gasteiger partial charge in [0.05, 0.1) is 17.3 Å². The normalized spacial score (nSPS) is 32.7. The summed E-state index contributed by atoms with van der Waals surface area (Å²) in [6.07, 6.45) is 8.73. The molecule has 1 aromatic carbocycles. The minimum absolute atomic E-state index is 0.0137. The van der Waals surface area contributed by atoms with Gasteiger partial charge in [0.1, 0.15) is 34.2 Å². The maximum absolute atomic E-state index is 14.8. The van der Waals surface area contributed by atoms with Gasteiger partial charge < -0.3 is 29.2 Å². The summed E-state index contributed by atoms with van der Waals surface area (Å²) in [5.41, 5.74) is -1.54. The van der Waals surface area contributed by atoms with Crippen LogP contribution in [0.15, 0.2) is 46.8 Å². The number of Topliss-reactive ketones (excluding diaryl/α,β-unsaturated/α-hetero) is 2. The topological polar surface area (TPSA) is 129 Å². The molecular weight excluding hydrogens is 600 g/mol. The third-order valence-corrected chi connectivity index (χ3v) is 10.8. The van der Waals surface area contributed by atoms with Crippen molar-refractivity contribution in [3.63, 3.8) is 0 Å². The Kier molecular flexibility index (Phi) is 7.91. The molecule has 47 heavy (non-hydrogen) atoms. The Hall–Kier alpha value is -3.69. The van der Waals surface area contributed by atoms with Gasteiger partial charge in [0.2, 0.25) is 0 Å². The summed E-state index contributed by atoms with van der Waals surface area (Å²) in [6, 6.07) is 0. The van der Waals surface area contributed by atoms with Crippen LogP contribution in [-0.2, 0) is 25.5 Å². The van der Waals surface area contributed by atoms with Crippen molar-refractivity contribution in [1.29, 1.82) is 0 Å². The molecule has 9 nitrogen and oxygen atoms in total. The van der Waals surface area contributed by atoms with Crippen molar-refractivity contribution >= 4 is 18.0 Å². The van der Waals surface area contributed by atoms with Crippen molar-refractivity contribution in [1.82, 2.24) is 0 Å². The van der Waals surface area contributed by atoms with E-state index >= 15 is 0 Å². The molecule has 9 heteroatoms. The zero-order chi connectivity index (χ0) is 34.3. The lowest BCUT2D eigenvalue weighted by molar-refractivity contribution is -0.171. The van der Waals surface area contributed by atoms with Crippen LogP contribution >= 0.6 is 0 Å². The van der Waals surface area contributed by atoms with Gasteiger partial charge in [-0.25, -0.2) is 0 Å². The van der Waals surface area contributed by atoms with Gasteiger partial charge in [-0.1, -0.05) is 29.4 Å². The zero-order valence-electron chi connectivity index (χ0n) is 28.6. The maximum atomic E-state index is 14.8. The number of benzene rings is 1. The Balaban J connectivity index is 1.59. The SMILES string of the molecule is CC(C)=CCC[C@]1(C)C[C@H](O)c2c(O)c3c(c(CC=C(C)C)c2O1)O[C@]12C(=CC4CC1C(C)(C)OC2(CC=C(C)OC=O)C4=O)C3=O. The molecule has 0 aromatic heterocycles. The van der Waals surface area contributed by atoms with Crippen molar-refractivity contribution in [3.05, 3.63) is 63.5 Å². The lowest BCUT2D eigenvalue weighted by atomic mass is 9.51. The lowest BCUT2D eigenvalue weighted by Crippen LogP contribution is -2.72. The molecule has 6 aliphatic rings. The average Bonchev–Trinajstić information content (AvgIpc) is 3.12. The van der Waals surface area contributed by atoms with E-state index in [-0.39, 0.29) is 52.7 Å². The molecule has 2 fully saturated rings. The average molecular weight is 647 g/mol. The maximum Gasteiger partial charge on any atom is 0.298 e. The molecule has 3 unspecified atom stereocenters. The van der Waals surface area contributed by atoms with Crippen LogP contribution in [0, 0.1) is 11.8 Å². The van der Waals surface area contributed by atoms with E-state index in [4.69, 9.17) is 18.9 Å². The first-order chi connectivity index (χ1) is 22.0. The molecular formula is C38H46O9. The van der Waals surface area contributed by atoms with Crippen molar-refractivity contribution in [2.24, 2.45) is 11.8 Å². The second-order valence-electron chi connectivity index (χ2n) is 15.1. The Morgan fingerprint density at radius 2 is 1.72 bits per heavy atom. The molecule has 0 amide bonds. The van der Waals surface area contributed by atoms with Crippen molar-refractivity contribution in [3.8, 4) is 17.2 Å². The van der Waals surface area contributed by atoms with E-state index in [1.807, 2.05) is 54.5 Å². The van der Waals surface area contributed by atoms with Gasteiger partial charge in [-0.2, -0.15) is 0 Å². The summed E-state index contributed by atoms with van der Waals surface area (Å²) in [7, 11) is 0. The summed E-state index contributed by atoms with van der Waals surface area (Å²) < 4.78 is 25.7. The Bertz CT molecular complexity index is 1680. The van der Waals surface area contributed by atoms with Gasteiger partial charge in [-0.3, -0.25) is 14.4 Å². The van der Waals surface area contributed by atoms with Gasteiger partial charge in [0, 0.05) is 35.8 Å². The molecule has 1 aromatic rings. The van der Waals surface area contributed by atoms with Crippen LogP contribution in [-0.4, -0.2) is 50.7 Å². The molecule has 1 saturated carbocycles. The van der Waals surface area contributed by atoms with E-state index in [1.54, 1.807) is 19.1 Å². The number of fused-ring (bicyclic) bond motifs is 2. The van der Waals surface area contributed by atoms with Crippen LogP contribution in [0.5, 0.6) is 17.2 Å². The fraction of sp³-hybridized carbons (Fsp3) is 0.553. The van der Waals surface area contributed by atoms with Gasteiger partial charge >= 0.3 is 0 Å². The van der Waals surface area contributed by atoms with E-state index in [9.17, 15) is 24.6 Å². The van der Waals surface area contributed by atoms with Crippen LogP contribution in [0.1, 0.15) is 115 Å². The highest BCUT2D eigenvalue weighted by Crippen LogP contribution is 2.69. The number of allylic oxidation sites excluding steroid dienone is 6. The molecule has 252 valence electrons. The highest BCUT2D eigenvalue weighted by atomic mass is 16.6. The Morgan fingerprint density at radius 3 is 2.38 bits per heavy atom. The van der Waals surface area contributed by atoms with Crippen molar-refractivity contribution in [2.45, 2.75) is 122 Å². The summed E-state index contributed by atoms with van der Waals surface area (Å²) in [6.45, 7) is 15.7. The molecule has 2 N–H and O–H groups in total. The number of aliphatic hydroxyl groups excluding tert-OH is 1. The number of carbonyl (C=O) groups excluding carboxylic acids is 3. The standard InChI is InChI=1S/C38H46O9/c1-20(2)10-9-14-36(8)18-26(40)28-31(42)29-30(41)25-16-23-17-27-35(6,7)47-37(34(23)43,15-13-22(5)44-19-39)38(25,27)46-33(29)24(32(28)45-36)12-11-21(3)4/h10-11,13,16,19,23,26-27,40,42H,9,12,14-15,17-18H2,1-8H3/t23?,26-,27?,36+,37?,38+/m0/s1. The van der Waals surface area contributed by atoms with Gasteiger partial charge in [0.25, 0.3) is 6.47 Å². The van der Waals surface area contributed by atoms with Crippen LogP contribution in [0.4, 0.5) is 0 Å². The third-order valence-electron chi connectivity index (χ3n) is 10.8. The minimum atomic E-state index is -1.59. The number of carbonyl (C=O) groups is 3. The fourth-order valence-electron chi connectivity index (χ4n) is 8.66. The van der Waals surface area contributed by atoms with Gasteiger partial charge in [-0.15, -0.1) is 0 Å². The van der Waals surface area contributed by atoms with Crippen LogP contribution in [0.2, 0.25) is 0 Å². The molecule has 6 atom stereocenters. The number of ketones is 2. The molecule has 0 radical (unpaired) electrons. The zero-order valence-corrected chi connectivity index (χ0v) is 28.6. The predicted molar refractivity (Wildman–Crippen MR) is 174 cm³/mol. The first kappa shape index (κ1) is 33.2. The molecule has 4 bridgehead atoms. The monoisotopic (exact) mass is 646 g/mol. The second kappa shape index (κ2) is 11.2. The first-order valence-corrected chi connectivity index (χ1v) is 16.5. The summed E-state index contributed by atoms with van der Waals surface area (Å²) >= 11 is 0. The number of aliphatic hydroxyl groups is 1. The van der Waals surface area contributed by atoms with E-state index in [0.717, 1.165) is 12.0 Å². The second-order valence-corrected chi connectivity index (χ2v) is 15.1. The molecule has 7 rings (SSSR count). The van der Waals surface area contributed by atoms with Gasteiger partial charge in [-0.05, 0) is 87.1 Å². The van der Waals surface area contributed by atoms with Crippen LogP contribution < -0.4 is 9.47 Å². The van der Waals surface area contributed by atoms with E-state index in [0.29, 0.717) is 42.8 Å². The van der Waals surface area contributed by atoms with Crippen LogP contribution in [0.3, 0.4) is 0 Å². The minimum Gasteiger partial charge on any atom is -0.506 e. The predicted octanol–water partition coefficient (Wildman–Crippen LogP) is 6.70. The Labute approximate surface area is 276 Å². The largest absolute Gasteiger partial charge is 0.506 e. The number of ether oxygens (including phenoxy) is 4. The first-order valence-electron chi connectivity index (χ1n) is 16.5. The molecule has 1 spiro atoms. The van der Waals surface area contributed by atoms with Crippen LogP contribution in [0.25, 0.3) is 0 Å². The fourth-order valence-corrected chi connectivity index (χ4v) is 8.66. The van der Waals surface area contributed by atoms with E-state index in [2.05, 4.69) is 6.08 Å². The van der Waals surface area contributed by atoms with E-state index in [1.165, 1.54) is 5.57 Å². The summed E-state index contributed by atoms with van der Waals surface area (Å²) in [5.74, 6) is -1.23. The number of phenols is 1. The molecule has 3 aliphatic carbocycles. The number of hydrogen-bond acceptors (Lipinski definition) is 9. The van der Waals surface area contributed by atoms with Crippen molar-refractivity contribution in [2.75, 3.05) is 0 Å². The lowest BCUT2D eigenvalue weighted by Gasteiger charge is -2.56. The number of phenolic OH excluding ortho intramolecular Hbond substituents is 1.